The van der Waals surface area contributed by atoms with Gasteiger partial charge in [-0.25, -0.2) is 14.9 Å². The van der Waals surface area contributed by atoms with Crippen LogP contribution in [0.3, 0.4) is 0 Å². The highest BCUT2D eigenvalue weighted by molar-refractivity contribution is 7.51. The first-order valence-electron chi connectivity index (χ1n) is 11.4. The van der Waals surface area contributed by atoms with Gasteiger partial charge in [0.2, 0.25) is 5.82 Å². The van der Waals surface area contributed by atoms with Gasteiger partial charge >= 0.3 is 7.60 Å². The summed E-state index contributed by atoms with van der Waals surface area (Å²) in [5.41, 5.74) is 0.506. The van der Waals surface area contributed by atoms with E-state index in [1.165, 1.54) is 12.8 Å². The fraction of sp³-hybridized carbons (Fsp3) is 0.636. The lowest BCUT2D eigenvalue weighted by Gasteiger charge is -2.18. The second-order valence-electron chi connectivity index (χ2n) is 9.11. The second-order valence-corrected chi connectivity index (χ2v) is 10.9. The minimum atomic E-state index is -3.86. The summed E-state index contributed by atoms with van der Waals surface area (Å²) in [6, 6.07) is 2.16. The number of anilines is 1. The van der Waals surface area contributed by atoms with Gasteiger partial charge in [0.25, 0.3) is 0 Å². The molecule has 12 heteroatoms. The first-order valence-corrected chi connectivity index (χ1v) is 13.4. The summed E-state index contributed by atoms with van der Waals surface area (Å²) >= 11 is 0. The van der Waals surface area contributed by atoms with E-state index in [2.05, 4.69) is 31.8 Å². The zero-order valence-electron chi connectivity index (χ0n) is 19.4. The Bertz CT molecular complexity index is 1120. The van der Waals surface area contributed by atoms with Gasteiger partial charge in [0.1, 0.15) is 36.4 Å². The Hall–Kier alpha value is -2.03. The average molecular weight is 494 g/mol. The van der Waals surface area contributed by atoms with Crippen LogP contribution in [0, 0.1) is 17.8 Å². The number of nitrogens with zero attached hydrogens (tertiary/aromatic N) is 3. The van der Waals surface area contributed by atoms with Gasteiger partial charge < -0.3 is 29.7 Å². The minimum Gasteiger partial charge on any atom is -0.387 e. The van der Waals surface area contributed by atoms with Crippen LogP contribution in [0.5, 0.6) is 0 Å². The van der Waals surface area contributed by atoms with Gasteiger partial charge in [-0.05, 0) is 24.8 Å². The number of aromatic nitrogens is 3. The minimum absolute atomic E-state index is 0.146. The zero-order valence-corrected chi connectivity index (χ0v) is 20.3. The Morgan fingerprint density at radius 2 is 2.03 bits per heavy atom. The van der Waals surface area contributed by atoms with Gasteiger partial charge in [-0.3, -0.25) is 4.57 Å². The maximum atomic E-state index is 11.2. The molecule has 0 bridgehead atoms. The molecule has 4 N–H and O–H groups in total. The van der Waals surface area contributed by atoms with E-state index >= 15 is 0 Å². The summed E-state index contributed by atoms with van der Waals surface area (Å²) < 4.78 is 23.1. The molecule has 0 radical (unpaired) electrons. The quantitative estimate of drug-likeness (QED) is 0.195. The molecule has 1 saturated heterocycles. The summed E-state index contributed by atoms with van der Waals surface area (Å²) in [7, 11) is -3.86. The van der Waals surface area contributed by atoms with E-state index in [4.69, 9.17) is 9.62 Å². The van der Waals surface area contributed by atoms with Crippen LogP contribution in [0.25, 0.3) is 11.0 Å². The largest absolute Gasteiger partial charge is 0.387 e. The molecular weight excluding hydrogens is 463 g/mol. The number of aliphatic hydroxyl groups is 2. The smallest absolute Gasteiger partial charge is 0.352 e. The maximum absolute atomic E-state index is 11.2. The third-order valence-electron chi connectivity index (χ3n) is 5.78. The molecule has 3 heterocycles. The van der Waals surface area contributed by atoms with Crippen LogP contribution in [-0.4, -0.2) is 67.3 Å². The fourth-order valence-corrected chi connectivity index (χ4v) is 4.43. The van der Waals surface area contributed by atoms with Crippen molar-refractivity contribution < 1.29 is 34.0 Å². The van der Waals surface area contributed by atoms with Crippen LogP contribution in [0.1, 0.15) is 51.6 Å². The van der Waals surface area contributed by atoms with Crippen LogP contribution in [0.2, 0.25) is 0 Å². The topological polar surface area (TPSA) is 148 Å². The Labute approximate surface area is 197 Å². The number of rotatable bonds is 7. The van der Waals surface area contributed by atoms with Gasteiger partial charge in [0.15, 0.2) is 6.23 Å². The molecule has 0 aromatic carbocycles. The van der Waals surface area contributed by atoms with Crippen LogP contribution < -0.4 is 5.32 Å². The lowest BCUT2D eigenvalue weighted by molar-refractivity contribution is -0.238. The van der Waals surface area contributed by atoms with Crippen molar-refractivity contribution >= 4 is 24.4 Å². The van der Waals surface area contributed by atoms with Crippen molar-refractivity contribution in [2.45, 2.75) is 70.1 Å². The normalized spacial score (nSPS) is 27.1. The predicted molar refractivity (Wildman–Crippen MR) is 124 cm³/mol. The summed E-state index contributed by atoms with van der Waals surface area (Å²) in [5, 5.41) is 25.4. The van der Waals surface area contributed by atoms with Gasteiger partial charge in [0.05, 0.1) is 5.39 Å². The molecule has 1 saturated carbocycles. The molecule has 0 amide bonds. The second kappa shape index (κ2) is 10.3. The molecule has 1 aliphatic carbocycles. The number of hydrogen-bond donors (Lipinski definition) is 4. The Morgan fingerprint density at radius 3 is 2.71 bits per heavy atom. The standard InChI is InChI=1S/C22H31N4O7P/c1-13(2)8-9-17-24-20(23-14-6-4-5-7-14)15-10-11-26(21(15)25-17)22-19(28)18(27)16(32-22)12-31-33-34(3,29)30/h10-11,13-14,16,18-19,22,27-28H,4-7,12H2,1-3H3,(H,29,30)(H,23,24,25)/t16-,18-,19-,22-/m1/s1. The maximum Gasteiger partial charge on any atom is 0.352 e. The molecule has 2 aliphatic rings. The van der Waals surface area contributed by atoms with Crippen LogP contribution in [0.4, 0.5) is 5.82 Å². The Kier molecular flexibility index (Phi) is 7.60. The van der Waals surface area contributed by atoms with Gasteiger partial charge in [0, 0.05) is 24.8 Å². The third-order valence-corrected chi connectivity index (χ3v) is 6.16. The number of nitrogens with one attached hydrogen (secondary N) is 1. The molecule has 186 valence electrons. The van der Waals surface area contributed by atoms with E-state index in [1.54, 1.807) is 10.8 Å². The van der Waals surface area contributed by atoms with Crippen LogP contribution in [-0.2, 0) is 18.9 Å². The highest BCUT2D eigenvalue weighted by Crippen LogP contribution is 2.38. The molecule has 5 atom stereocenters. The van der Waals surface area contributed by atoms with E-state index in [0.717, 1.165) is 24.9 Å². The monoisotopic (exact) mass is 494 g/mol. The molecule has 34 heavy (non-hydrogen) atoms. The molecule has 1 aliphatic heterocycles. The fourth-order valence-electron chi connectivity index (χ4n) is 4.17. The SMILES string of the molecule is CC(C)C#Cc1nc(NC2CCCC2)c2ccn([C@@H]3O[C@H](COOP(C)(=O)O)[C@@H](O)[C@H]3O)c2n1. The third kappa shape index (κ3) is 5.78. The number of ether oxygens (including phenoxy) is 1. The van der Waals surface area contributed by atoms with E-state index in [-0.39, 0.29) is 12.5 Å². The van der Waals surface area contributed by atoms with Crippen molar-refractivity contribution in [3.05, 3.63) is 18.1 Å². The van der Waals surface area contributed by atoms with Crippen molar-refractivity contribution in [1.29, 1.82) is 0 Å². The molecule has 4 rings (SSSR count). The number of fused-ring (bicyclic) bond motifs is 1. The van der Waals surface area contributed by atoms with Gasteiger partial charge in [-0.1, -0.05) is 32.6 Å². The van der Waals surface area contributed by atoms with Gasteiger partial charge in [-0.15, -0.1) is 4.67 Å². The highest BCUT2D eigenvalue weighted by Gasteiger charge is 2.44. The van der Waals surface area contributed by atoms with Crippen LogP contribution in [0.15, 0.2) is 12.3 Å². The summed E-state index contributed by atoms with van der Waals surface area (Å²) in [4.78, 5) is 23.2. The Morgan fingerprint density at radius 1 is 1.29 bits per heavy atom. The van der Waals surface area contributed by atoms with E-state index in [1.807, 2.05) is 19.9 Å². The average Bonchev–Trinajstić information content (AvgIpc) is 3.48. The zero-order chi connectivity index (χ0) is 24.5. The van der Waals surface area contributed by atoms with Crippen molar-refractivity contribution in [1.82, 2.24) is 14.5 Å². The molecule has 2 fully saturated rings. The molecule has 11 nitrogen and oxygen atoms in total. The number of hydrogen-bond acceptors (Lipinski definition) is 9. The molecule has 1 unspecified atom stereocenters. The predicted octanol–water partition coefficient (Wildman–Crippen LogP) is 2.18. The molecule has 0 spiro atoms. The Balaban J connectivity index is 1.63. The van der Waals surface area contributed by atoms with Crippen molar-refractivity contribution in [3.8, 4) is 11.8 Å². The first kappa shape index (κ1) is 25.1. The lowest BCUT2D eigenvalue weighted by atomic mass is 10.1. The number of aliphatic hydroxyl groups excluding tert-OH is 2. The summed E-state index contributed by atoms with van der Waals surface area (Å²) in [6.45, 7) is 4.59. The summed E-state index contributed by atoms with van der Waals surface area (Å²) in [6.07, 6.45) is 1.64. The van der Waals surface area contributed by atoms with Crippen molar-refractivity contribution in [3.63, 3.8) is 0 Å². The van der Waals surface area contributed by atoms with Crippen LogP contribution >= 0.6 is 7.60 Å². The summed E-state index contributed by atoms with van der Waals surface area (Å²) in [5.74, 6) is 7.27. The molecule has 2 aromatic rings. The molecule has 2 aromatic heterocycles. The lowest BCUT2D eigenvalue weighted by Crippen LogP contribution is -2.33. The highest BCUT2D eigenvalue weighted by atomic mass is 31.2. The van der Waals surface area contributed by atoms with Crippen molar-refractivity contribution in [2.24, 2.45) is 5.92 Å². The van der Waals surface area contributed by atoms with Crippen molar-refractivity contribution in [2.75, 3.05) is 18.6 Å². The molecular formula is C22H31N4O7P. The van der Waals surface area contributed by atoms with Gasteiger partial charge in [-0.2, -0.15) is 0 Å². The first-order chi connectivity index (χ1) is 16.1. The van der Waals surface area contributed by atoms with E-state index in [9.17, 15) is 19.7 Å². The van der Waals surface area contributed by atoms with E-state index in [0.29, 0.717) is 23.3 Å². The van der Waals surface area contributed by atoms with E-state index < -0.39 is 32.1 Å².